The van der Waals surface area contributed by atoms with Crippen molar-refractivity contribution in [1.29, 1.82) is 0 Å². The summed E-state index contributed by atoms with van der Waals surface area (Å²) in [5.74, 6) is -0.164. The van der Waals surface area contributed by atoms with Gasteiger partial charge in [0.15, 0.2) is 5.69 Å². The van der Waals surface area contributed by atoms with E-state index >= 15 is 0 Å². The quantitative estimate of drug-likeness (QED) is 0.832. The average molecular weight is 359 g/mol. The number of carbonyl (C=O) groups is 1. The van der Waals surface area contributed by atoms with Crippen LogP contribution in [0.4, 0.5) is 0 Å². The van der Waals surface area contributed by atoms with Crippen LogP contribution >= 0.6 is 22.6 Å². The molecule has 0 aromatic carbocycles. The Morgan fingerprint density at radius 3 is 2.50 bits per heavy atom. The highest BCUT2D eigenvalue weighted by Gasteiger charge is 2.14. The Morgan fingerprint density at radius 2 is 2.00 bits per heavy atom. The van der Waals surface area contributed by atoms with Crippen molar-refractivity contribution in [2.24, 2.45) is 14.1 Å². The SMILES string of the molecule is Cc1nn(C)cc1CNC(=O)c1nn(C)cc1I. The minimum Gasteiger partial charge on any atom is -0.346 e. The molecule has 0 aliphatic rings. The van der Waals surface area contributed by atoms with Crippen molar-refractivity contribution >= 4 is 28.5 Å². The van der Waals surface area contributed by atoms with E-state index in [9.17, 15) is 4.79 Å². The predicted octanol–water partition coefficient (Wildman–Crippen LogP) is 0.997. The van der Waals surface area contributed by atoms with Crippen LogP contribution in [-0.2, 0) is 20.6 Å². The number of aryl methyl sites for hydroxylation is 3. The molecule has 0 aliphatic carbocycles. The molecule has 0 radical (unpaired) electrons. The molecule has 0 atom stereocenters. The fourth-order valence-electron chi connectivity index (χ4n) is 1.69. The van der Waals surface area contributed by atoms with Gasteiger partial charge in [-0.15, -0.1) is 0 Å². The summed E-state index contributed by atoms with van der Waals surface area (Å²) in [6.07, 6.45) is 3.71. The Kier molecular flexibility index (Phi) is 3.69. The molecule has 0 saturated carbocycles. The van der Waals surface area contributed by atoms with Crippen LogP contribution in [0.15, 0.2) is 12.4 Å². The highest BCUT2D eigenvalue weighted by Crippen LogP contribution is 2.10. The van der Waals surface area contributed by atoms with Gasteiger partial charge < -0.3 is 5.32 Å². The smallest absolute Gasteiger partial charge is 0.273 e. The topological polar surface area (TPSA) is 64.7 Å². The first-order valence-corrected chi connectivity index (χ1v) is 6.51. The first kappa shape index (κ1) is 13.1. The van der Waals surface area contributed by atoms with E-state index in [1.165, 1.54) is 0 Å². The summed E-state index contributed by atoms with van der Waals surface area (Å²) in [6.45, 7) is 2.39. The molecule has 2 heterocycles. The van der Waals surface area contributed by atoms with E-state index in [2.05, 4.69) is 38.1 Å². The lowest BCUT2D eigenvalue weighted by Gasteiger charge is -2.02. The third-order valence-electron chi connectivity index (χ3n) is 2.55. The molecule has 7 heteroatoms. The summed E-state index contributed by atoms with van der Waals surface area (Å²) >= 11 is 2.10. The van der Waals surface area contributed by atoms with Crippen molar-refractivity contribution in [3.8, 4) is 0 Å². The van der Waals surface area contributed by atoms with Crippen LogP contribution in [0, 0.1) is 10.5 Å². The largest absolute Gasteiger partial charge is 0.346 e. The maximum atomic E-state index is 12.0. The van der Waals surface area contributed by atoms with Gasteiger partial charge in [0.05, 0.1) is 9.26 Å². The molecule has 0 aliphatic heterocycles. The normalized spacial score (nSPS) is 10.7. The number of hydrogen-bond donors (Lipinski definition) is 1. The van der Waals surface area contributed by atoms with Crippen LogP contribution in [0.1, 0.15) is 21.7 Å². The maximum absolute atomic E-state index is 12.0. The molecule has 1 N–H and O–H groups in total. The summed E-state index contributed by atoms with van der Waals surface area (Å²) < 4.78 is 4.21. The Labute approximate surface area is 119 Å². The fraction of sp³-hybridized carbons (Fsp3) is 0.364. The fourth-order valence-corrected chi connectivity index (χ4v) is 2.45. The summed E-state index contributed by atoms with van der Waals surface area (Å²) in [6, 6.07) is 0. The van der Waals surface area contributed by atoms with Crippen LogP contribution in [0.5, 0.6) is 0 Å². The Morgan fingerprint density at radius 1 is 1.33 bits per heavy atom. The molecular weight excluding hydrogens is 345 g/mol. The van der Waals surface area contributed by atoms with Crippen molar-refractivity contribution in [2.45, 2.75) is 13.5 Å². The zero-order valence-electron chi connectivity index (χ0n) is 10.4. The van der Waals surface area contributed by atoms with E-state index in [0.717, 1.165) is 14.8 Å². The van der Waals surface area contributed by atoms with Gasteiger partial charge in [-0.1, -0.05) is 0 Å². The second-order valence-corrected chi connectivity index (χ2v) is 5.26. The molecule has 0 spiro atoms. The Balaban J connectivity index is 2.05. The van der Waals surface area contributed by atoms with Gasteiger partial charge >= 0.3 is 0 Å². The molecule has 2 aromatic rings. The molecule has 1 amide bonds. The molecule has 0 fully saturated rings. The number of aromatic nitrogens is 4. The van der Waals surface area contributed by atoms with Gasteiger partial charge in [-0.3, -0.25) is 14.2 Å². The first-order chi connectivity index (χ1) is 8.47. The van der Waals surface area contributed by atoms with Gasteiger partial charge in [-0.2, -0.15) is 10.2 Å². The molecule has 18 heavy (non-hydrogen) atoms. The summed E-state index contributed by atoms with van der Waals surface area (Å²) in [4.78, 5) is 12.0. The van der Waals surface area contributed by atoms with Crippen molar-refractivity contribution in [3.05, 3.63) is 32.9 Å². The highest BCUT2D eigenvalue weighted by molar-refractivity contribution is 14.1. The van der Waals surface area contributed by atoms with Crippen LogP contribution in [0.2, 0.25) is 0 Å². The van der Waals surface area contributed by atoms with E-state index in [0.29, 0.717) is 12.2 Å². The van der Waals surface area contributed by atoms with Crippen molar-refractivity contribution in [2.75, 3.05) is 0 Å². The second-order valence-electron chi connectivity index (χ2n) is 4.10. The molecular formula is C11H14IN5O. The molecule has 0 saturated heterocycles. The van der Waals surface area contributed by atoms with Crippen LogP contribution in [0.25, 0.3) is 0 Å². The Hall–Kier alpha value is -1.38. The number of carbonyl (C=O) groups excluding carboxylic acids is 1. The lowest BCUT2D eigenvalue weighted by atomic mass is 10.2. The zero-order valence-corrected chi connectivity index (χ0v) is 12.6. The third kappa shape index (κ3) is 2.71. The summed E-state index contributed by atoms with van der Waals surface area (Å²) in [5.41, 5.74) is 2.39. The minimum atomic E-state index is -0.164. The lowest BCUT2D eigenvalue weighted by Crippen LogP contribution is -2.24. The Bertz CT molecular complexity index is 586. The number of rotatable bonds is 3. The minimum absolute atomic E-state index is 0.164. The monoisotopic (exact) mass is 359 g/mol. The number of halogens is 1. The van der Waals surface area contributed by atoms with Gasteiger partial charge in [0.1, 0.15) is 0 Å². The maximum Gasteiger partial charge on any atom is 0.273 e. The number of nitrogens with one attached hydrogen (secondary N) is 1. The molecule has 0 bridgehead atoms. The van der Waals surface area contributed by atoms with Crippen LogP contribution in [-0.4, -0.2) is 25.5 Å². The number of nitrogens with zero attached hydrogens (tertiary/aromatic N) is 4. The van der Waals surface area contributed by atoms with Crippen molar-refractivity contribution < 1.29 is 4.79 Å². The van der Waals surface area contributed by atoms with Gasteiger partial charge in [0, 0.05) is 38.6 Å². The van der Waals surface area contributed by atoms with E-state index < -0.39 is 0 Å². The van der Waals surface area contributed by atoms with Crippen molar-refractivity contribution in [3.63, 3.8) is 0 Å². The predicted molar refractivity (Wildman–Crippen MR) is 75.0 cm³/mol. The van der Waals surface area contributed by atoms with Gasteiger partial charge in [-0.05, 0) is 29.5 Å². The first-order valence-electron chi connectivity index (χ1n) is 5.44. The van der Waals surface area contributed by atoms with Gasteiger partial charge in [0.2, 0.25) is 0 Å². The molecule has 2 aromatic heterocycles. The van der Waals surface area contributed by atoms with E-state index in [-0.39, 0.29) is 5.91 Å². The van der Waals surface area contributed by atoms with Gasteiger partial charge in [0.25, 0.3) is 5.91 Å². The highest BCUT2D eigenvalue weighted by atomic mass is 127. The average Bonchev–Trinajstić information content (AvgIpc) is 2.78. The zero-order chi connectivity index (χ0) is 13.3. The number of hydrogen-bond acceptors (Lipinski definition) is 3. The van der Waals surface area contributed by atoms with Crippen LogP contribution < -0.4 is 5.32 Å². The standard InChI is InChI=1S/C11H14IN5O/c1-7-8(5-16(2)14-7)4-13-11(18)10-9(12)6-17(3)15-10/h5-6H,4H2,1-3H3,(H,13,18). The summed E-state index contributed by atoms with van der Waals surface area (Å²) in [7, 11) is 3.66. The van der Waals surface area contributed by atoms with E-state index in [1.54, 1.807) is 16.4 Å². The summed E-state index contributed by atoms with van der Waals surface area (Å²) in [5, 5.41) is 11.2. The van der Waals surface area contributed by atoms with Crippen molar-refractivity contribution in [1.82, 2.24) is 24.9 Å². The molecule has 0 unspecified atom stereocenters. The molecule has 96 valence electrons. The van der Waals surface area contributed by atoms with E-state index in [4.69, 9.17) is 0 Å². The van der Waals surface area contributed by atoms with E-state index in [1.807, 2.05) is 26.4 Å². The molecule has 2 rings (SSSR count). The van der Waals surface area contributed by atoms with Gasteiger partial charge in [-0.25, -0.2) is 0 Å². The van der Waals surface area contributed by atoms with Crippen LogP contribution in [0.3, 0.4) is 0 Å². The third-order valence-corrected chi connectivity index (χ3v) is 3.34. The molecule has 6 nitrogen and oxygen atoms in total. The number of amides is 1. The second kappa shape index (κ2) is 5.09. The lowest BCUT2D eigenvalue weighted by molar-refractivity contribution is 0.0944.